The van der Waals surface area contributed by atoms with Crippen LogP contribution in [0, 0.1) is 5.92 Å². The van der Waals surface area contributed by atoms with Gasteiger partial charge in [0, 0.05) is 30.8 Å². The Labute approximate surface area is 76.4 Å². The zero-order valence-corrected chi connectivity index (χ0v) is 7.40. The Morgan fingerprint density at radius 1 is 1.46 bits per heavy atom. The zero-order chi connectivity index (χ0) is 9.26. The summed E-state index contributed by atoms with van der Waals surface area (Å²) in [5.41, 5.74) is 1.04. The summed E-state index contributed by atoms with van der Waals surface area (Å²) in [6.07, 6.45) is 5.04. The molecule has 1 aliphatic rings. The molecule has 13 heavy (non-hydrogen) atoms. The maximum absolute atomic E-state index is 11.2. The second-order valence-electron chi connectivity index (χ2n) is 3.31. The van der Waals surface area contributed by atoms with E-state index in [0.717, 1.165) is 5.56 Å². The van der Waals surface area contributed by atoms with Crippen LogP contribution in [0.2, 0.25) is 0 Å². The van der Waals surface area contributed by atoms with Crippen molar-refractivity contribution in [3.63, 3.8) is 0 Å². The van der Waals surface area contributed by atoms with Gasteiger partial charge in [0.15, 0.2) is 0 Å². The summed E-state index contributed by atoms with van der Waals surface area (Å²) in [6.45, 7) is 2.63. The van der Waals surface area contributed by atoms with Gasteiger partial charge in [0.05, 0.1) is 0 Å². The highest BCUT2D eigenvalue weighted by atomic mass is 16.2. The van der Waals surface area contributed by atoms with E-state index in [4.69, 9.17) is 0 Å². The minimum absolute atomic E-state index is 0.0333. The van der Waals surface area contributed by atoms with E-state index < -0.39 is 0 Å². The molecule has 1 saturated heterocycles. The van der Waals surface area contributed by atoms with E-state index in [-0.39, 0.29) is 17.7 Å². The Morgan fingerprint density at radius 2 is 2.15 bits per heavy atom. The largest absolute Gasteiger partial charge is 0.355 e. The number of hydrogen-bond acceptors (Lipinski definition) is 3. The van der Waals surface area contributed by atoms with Crippen molar-refractivity contribution in [1.82, 2.24) is 15.3 Å². The van der Waals surface area contributed by atoms with E-state index in [9.17, 15) is 4.79 Å². The molecular weight excluding hydrogens is 166 g/mol. The molecule has 2 unspecified atom stereocenters. The van der Waals surface area contributed by atoms with E-state index in [1.807, 2.05) is 6.92 Å². The predicted octanol–water partition coefficient (Wildman–Crippen LogP) is 0.326. The molecule has 0 saturated carbocycles. The molecule has 1 aliphatic heterocycles. The third-order valence-corrected chi connectivity index (χ3v) is 2.52. The van der Waals surface area contributed by atoms with Gasteiger partial charge < -0.3 is 5.32 Å². The smallest absolute Gasteiger partial charge is 0.223 e. The van der Waals surface area contributed by atoms with Crippen molar-refractivity contribution in [1.29, 1.82) is 0 Å². The van der Waals surface area contributed by atoms with Gasteiger partial charge in [0.1, 0.15) is 6.33 Å². The van der Waals surface area contributed by atoms with Crippen LogP contribution < -0.4 is 5.32 Å². The van der Waals surface area contributed by atoms with Crippen LogP contribution in [0.3, 0.4) is 0 Å². The lowest BCUT2D eigenvalue weighted by molar-refractivity contribution is -0.122. The fourth-order valence-electron chi connectivity index (χ4n) is 1.64. The average molecular weight is 177 g/mol. The van der Waals surface area contributed by atoms with Gasteiger partial charge in [-0.05, 0) is 5.56 Å². The monoisotopic (exact) mass is 177 g/mol. The predicted molar refractivity (Wildman–Crippen MR) is 46.9 cm³/mol. The van der Waals surface area contributed by atoms with Crippen LogP contribution in [-0.4, -0.2) is 22.4 Å². The maximum atomic E-state index is 11.2. The summed E-state index contributed by atoms with van der Waals surface area (Å²) in [7, 11) is 0. The maximum Gasteiger partial charge on any atom is 0.223 e. The molecule has 0 spiro atoms. The number of carbonyl (C=O) groups is 1. The summed E-state index contributed by atoms with van der Waals surface area (Å²) in [5, 5.41) is 2.82. The SMILES string of the molecule is CC1C(=O)NCC1c1cncnc1. The summed E-state index contributed by atoms with van der Waals surface area (Å²) in [6, 6.07) is 0. The Bertz CT molecular complexity index is 312. The third kappa shape index (κ3) is 1.39. The first-order valence-corrected chi connectivity index (χ1v) is 4.31. The highest BCUT2D eigenvalue weighted by molar-refractivity contribution is 5.81. The van der Waals surface area contributed by atoms with Crippen LogP contribution in [0.4, 0.5) is 0 Å². The van der Waals surface area contributed by atoms with Crippen LogP contribution >= 0.6 is 0 Å². The molecule has 1 fully saturated rings. The topological polar surface area (TPSA) is 54.9 Å². The fraction of sp³-hybridized carbons (Fsp3) is 0.444. The quantitative estimate of drug-likeness (QED) is 0.672. The van der Waals surface area contributed by atoms with Gasteiger partial charge in [-0.2, -0.15) is 0 Å². The second-order valence-corrected chi connectivity index (χ2v) is 3.31. The molecule has 2 rings (SSSR count). The molecule has 4 nitrogen and oxygen atoms in total. The highest BCUT2D eigenvalue weighted by Gasteiger charge is 2.31. The lowest BCUT2D eigenvalue weighted by Gasteiger charge is -2.10. The molecule has 4 heteroatoms. The lowest BCUT2D eigenvalue weighted by atomic mass is 9.92. The van der Waals surface area contributed by atoms with Crippen molar-refractivity contribution < 1.29 is 4.79 Å². The molecule has 1 amide bonds. The van der Waals surface area contributed by atoms with E-state index in [2.05, 4.69) is 15.3 Å². The molecule has 0 aliphatic carbocycles. The Morgan fingerprint density at radius 3 is 2.69 bits per heavy atom. The van der Waals surface area contributed by atoms with Crippen LogP contribution in [-0.2, 0) is 4.79 Å². The Balaban J connectivity index is 2.24. The highest BCUT2D eigenvalue weighted by Crippen LogP contribution is 2.26. The van der Waals surface area contributed by atoms with Crippen LogP contribution in [0.5, 0.6) is 0 Å². The van der Waals surface area contributed by atoms with Crippen molar-refractivity contribution in [2.75, 3.05) is 6.54 Å². The van der Waals surface area contributed by atoms with E-state index >= 15 is 0 Å². The lowest BCUT2D eigenvalue weighted by Crippen LogP contribution is -2.16. The normalized spacial score (nSPS) is 27.3. The van der Waals surface area contributed by atoms with Gasteiger partial charge >= 0.3 is 0 Å². The third-order valence-electron chi connectivity index (χ3n) is 2.52. The number of nitrogens with one attached hydrogen (secondary N) is 1. The number of amides is 1. The van der Waals surface area contributed by atoms with Crippen LogP contribution in [0.1, 0.15) is 18.4 Å². The van der Waals surface area contributed by atoms with Crippen molar-refractivity contribution >= 4 is 5.91 Å². The van der Waals surface area contributed by atoms with Crippen molar-refractivity contribution in [2.45, 2.75) is 12.8 Å². The molecule has 2 heterocycles. The van der Waals surface area contributed by atoms with Gasteiger partial charge in [-0.25, -0.2) is 9.97 Å². The van der Waals surface area contributed by atoms with E-state index in [1.165, 1.54) is 6.33 Å². The number of nitrogens with zero attached hydrogens (tertiary/aromatic N) is 2. The number of hydrogen-bond donors (Lipinski definition) is 1. The second kappa shape index (κ2) is 3.12. The first-order chi connectivity index (χ1) is 6.29. The summed E-state index contributed by atoms with van der Waals surface area (Å²) >= 11 is 0. The molecule has 0 aromatic carbocycles. The standard InChI is InChI=1S/C9H11N3O/c1-6-8(4-12-9(6)13)7-2-10-5-11-3-7/h2-3,5-6,8H,4H2,1H3,(H,12,13). The van der Waals surface area contributed by atoms with Crippen molar-refractivity contribution in [3.8, 4) is 0 Å². The molecule has 0 bridgehead atoms. The molecule has 0 radical (unpaired) electrons. The summed E-state index contributed by atoms with van der Waals surface area (Å²) in [4.78, 5) is 19.1. The van der Waals surface area contributed by atoms with Crippen molar-refractivity contribution in [2.24, 2.45) is 5.92 Å². The first-order valence-electron chi connectivity index (χ1n) is 4.31. The average Bonchev–Trinajstić information content (AvgIpc) is 2.49. The Hall–Kier alpha value is -1.45. The molecule has 2 atom stereocenters. The molecule has 68 valence electrons. The minimum atomic E-state index is 0.0333. The van der Waals surface area contributed by atoms with Crippen molar-refractivity contribution in [3.05, 3.63) is 24.3 Å². The molecule has 1 N–H and O–H groups in total. The van der Waals surface area contributed by atoms with Gasteiger partial charge in [0.25, 0.3) is 0 Å². The zero-order valence-electron chi connectivity index (χ0n) is 7.40. The molecular formula is C9H11N3O. The molecule has 1 aromatic heterocycles. The number of carbonyl (C=O) groups excluding carboxylic acids is 1. The van der Waals surface area contributed by atoms with Crippen LogP contribution in [0.15, 0.2) is 18.7 Å². The van der Waals surface area contributed by atoms with E-state index in [1.54, 1.807) is 12.4 Å². The number of rotatable bonds is 1. The van der Waals surface area contributed by atoms with Gasteiger partial charge in [0.2, 0.25) is 5.91 Å². The molecule has 1 aromatic rings. The summed E-state index contributed by atoms with van der Waals surface area (Å²) in [5.74, 6) is 0.383. The van der Waals surface area contributed by atoms with Crippen LogP contribution in [0.25, 0.3) is 0 Å². The van der Waals surface area contributed by atoms with Gasteiger partial charge in [-0.1, -0.05) is 6.92 Å². The summed E-state index contributed by atoms with van der Waals surface area (Å²) < 4.78 is 0. The fourth-order valence-corrected chi connectivity index (χ4v) is 1.64. The van der Waals surface area contributed by atoms with Gasteiger partial charge in [-0.3, -0.25) is 4.79 Å². The first kappa shape index (κ1) is 8.16. The van der Waals surface area contributed by atoms with E-state index in [0.29, 0.717) is 6.54 Å². The number of aromatic nitrogens is 2. The van der Waals surface area contributed by atoms with Gasteiger partial charge in [-0.15, -0.1) is 0 Å². The minimum Gasteiger partial charge on any atom is -0.355 e. The Kier molecular flexibility index (Phi) is 1.96.